The van der Waals surface area contributed by atoms with Crippen molar-refractivity contribution in [3.8, 4) is 0 Å². The van der Waals surface area contributed by atoms with Gasteiger partial charge in [-0.15, -0.1) is 0 Å². The van der Waals surface area contributed by atoms with Gasteiger partial charge in [-0.25, -0.2) is 4.39 Å². The summed E-state index contributed by atoms with van der Waals surface area (Å²) in [6, 6.07) is 14.6. The molecule has 0 spiro atoms. The molecule has 5 aliphatic carbocycles. The van der Waals surface area contributed by atoms with Gasteiger partial charge in [0.25, 0.3) is 0 Å². The summed E-state index contributed by atoms with van der Waals surface area (Å²) in [6.45, 7) is 6.51. The number of halogens is 1. The van der Waals surface area contributed by atoms with Gasteiger partial charge < -0.3 is 35.1 Å². The first-order valence-corrected chi connectivity index (χ1v) is 22.4. The number of hydrogen-bond donors (Lipinski definition) is 3. The third kappa shape index (κ3) is 7.03. The Labute approximate surface area is 371 Å². The van der Waals surface area contributed by atoms with E-state index in [-0.39, 0.29) is 37.7 Å². The molecule has 11 atom stereocenters. The lowest BCUT2D eigenvalue weighted by atomic mass is 9.44. The quantitative estimate of drug-likeness (QED) is 0.181. The molecule has 4 N–H and O–H groups in total. The molecule has 2 heterocycles. The van der Waals surface area contributed by atoms with Gasteiger partial charge in [0, 0.05) is 46.8 Å². The molecule has 9 rings (SSSR count). The Balaban J connectivity index is 0.798. The van der Waals surface area contributed by atoms with Crippen molar-refractivity contribution < 1.29 is 52.4 Å². The predicted molar refractivity (Wildman–Crippen MR) is 232 cm³/mol. The Kier molecular flexibility index (Phi) is 11.1. The summed E-state index contributed by atoms with van der Waals surface area (Å²) >= 11 is 0. The van der Waals surface area contributed by atoms with Crippen LogP contribution in [0.15, 0.2) is 84.7 Å². The minimum absolute atomic E-state index is 0.00134. The Morgan fingerprint density at radius 3 is 2.42 bits per heavy atom. The van der Waals surface area contributed by atoms with Crippen molar-refractivity contribution in [2.75, 3.05) is 18.5 Å². The summed E-state index contributed by atoms with van der Waals surface area (Å²) in [5.41, 5.74) is 2.80. The minimum Gasteiger partial charge on any atom is -0.461 e. The van der Waals surface area contributed by atoms with Gasteiger partial charge in [-0.05, 0) is 118 Å². The van der Waals surface area contributed by atoms with E-state index >= 15 is 4.39 Å². The summed E-state index contributed by atoms with van der Waals surface area (Å²) in [4.78, 5) is 70.9. The van der Waals surface area contributed by atoms with Crippen molar-refractivity contribution in [3.05, 3.63) is 95.9 Å². The lowest BCUT2D eigenvalue weighted by molar-refractivity contribution is -0.246. The highest BCUT2D eigenvalue weighted by atomic mass is 19.1. The number of benzene rings is 2. The fourth-order valence-electron chi connectivity index (χ4n) is 12.5. The molecule has 3 aromatic rings. The normalized spacial score (nSPS) is 35.0. The molecule has 338 valence electrons. The maximum Gasteiger partial charge on any atom is 0.309 e. The molecule has 5 fully saturated rings. The molecule has 13 nitrogen and oxygen atoms in total. The number of carbonyl (C=O) groups excluding carboxylic acids is 5. The van der Waals surface area contributed by atoms with Gasteiger partial charge in [-0.2, -0.15) is 0 Å². The number of aliphatic hydroxyl groups is 1. The third-order valence-electron chi connectivity index (χ3n) is 15.7. The summed E-state index contributed by atoms with van der Waals surface area (Å²) in [5, 5.41) is 16.7. The monoisotopic (exact) mass is 877 g/mol. The second-order valence-corrected chi connectivity index (χ2v) is 19.6. The molecule has 14 heteroatoms. The maximum atomic E-state index is 17.8. The summed E-state index contributed by atoms with van der Waals surface area (Å²) in [6.07, 6.45) is 7.71. The fraction of sp³-hybridized carbons (Fsp3) is 0.520. The molecular weight excluding hydrogens is 822 g/mol. The minimum atomic E-state index is -2.10. The molecule has 64 heavy (non-hydrogen) atoms. The Bertz CT molecular complexity index is 2470. The number of nitrogens with zero attached hydrogens (tertiary/aromatic N) is 1. The number of rotatable bonds is 11. The van der Waals surface area contributed by atoms with Gasteiger partial charge in [0.1, 0.15) is 6.61 Å². The number of allylic oxidation sites excluding steroid dienone is 4. The highest BCUT2D eigenvalue weighted by Crippen LogP contribution is 2.72. The molecule has 1 aliphatic heterocycles. The molecule has 1 saturated heterocycles. The number of esters is 2. The van der Waals surface area contributed by atoms with Crippen LogP contribution in [0.3, 0.4) is 0 Å². The van der Waals surface area contributed by atoms with Gasteiger partial charge in [0.05, 0.1) is 30.0 Å². The third-order valence-corrected chi connectivity index (χ3v) is 15.7. The number of fused-ring (bicyclic) bond motifs is 8. The molecule has 6 aliphatic rings. The second kappa shape index (κ2) is 16.1. The smallest absolute Gasteiger partial charge is 0.309 e. The van der Waals surface area contributed by atoms with E-state index in [0.29, 0.717) is 48.9 Å². The number of carbonyl (C=O) groups is 5. The second-order valence-electron chi connectivity index (χ2n) is 19.6. The Morgan fingerprint density at radius 2 is 1.69 bits per heavy atom. The van der Waals surface area contributed by atoms with Crippen LogP contribution in [-0.4, -0.2) is 81.9 Å². The number of aromatic nitrogens is 1. The number of hydrogen-bond acceptors (Lipinski definition) is 12. The number of nitrogens with one attached hydrogen (secondary N) is 1. The average molecular weight is 878 g/mol. The van der Waals surface area contributed by atoms with E-state index in [1.807, 2.05) is 31.2 Å². The lowest BCUT2D eigenvalue weighted by Crippen LogP contribution is -2.70. The number of aliphatic hydroxyl groups excluding tert-OH is 1. The molecule has 0 bridgehead atoms. The van der Waals surface area contributed by atoms with Crippen molar-refractivity contribution >= 4 is 45.9 Å². The zero-order valence-corrected chi connectivity index (χ0v) is 36.6. The molecule has 0 unspecified atom stereocenters. The lowest BCUT2D eigenvalue weighted by Gasteiger charge is -2.62. The van der Waals surface area contributed by atoms with Crippen LogP contribution < -0.4 is 11.1 Å². The zero-order valence-electron chi connectivity index (χ0n) is 36.6. The SMILES string of the molecule is CC1(C)O[C@@H]2C[C@H]3[C@@H]4CCC5=CC(=O)C=C[C@]5(C)[C@@]4(F)[C@@H](O)C[C@]3(C)[C@]2(C(=O)COC(=O)[C@@H]2CC[C@H](C(=O)OCc3ccc([C@@H](CN)C(=O)Nc4ccc5cnccc5c4)cc3)C2)O1. The fourth-order valence-corrected chi connectivity index (χ4v) is 12.5. The summed E-state index contributed by atoms with van der Waals surface area (Å²) in [5.74, 6) is -6.02. The molecule has 1 amide bonds. The summed E-state index contributed by atoms with van der Waals surface area (Å²) < 4.78 is 42.1. The molecule has 0 radical (unpaired) electrons. The van der Waals surface area contributed by atoms with Crippen molar-refractivity contribution in [1.29, 1.82) is 0 Å². The van der Waals surface area contributed by atoms with Crippen molar-refractivity contribution in [1.82, 2.24) is 4.98 Å². The number of ether oxygens (including phenoxy) is 4. The zero-order chi connectivity index (χ0) is 45.4. The van der Waals surface area contributed by atoms with Gasteiger partial charge >= 0.3 is 11.9 Å². The first-order valence-electron chi connectivity index (χ1n) is 22.4. The largest absolute Gasteiger partial charge is 0.461 e. The van der Waals surface area contributed by atoms with E-state index in [4.69, 9.17) is 24.7 Å². The van der Waals surface area contributed by atoms with Crippen LogP contribution >= 0.6 is 0 Å². The average Bonchev–Trinajstić information content (AvgIpc) is 3.94. The van der Waals surface area contributed by atoms with E-state index in [0.717, 1.165) is 16.3 Å². The molecular formula is C50H56FN3O10. The van der Waals surface area contributed by atoms with Crippen molar-refractivity contribution in [2.45, 2.75) is 114 Å². The number of Topliss-reactive ketones (excluding diaryl/α,β-unsaturated/α-hetero) is 1. The Morgan fingerprint density at radius 1 is 0.953 bits per heavy atom. The first-order chi connectivity index (χ1) is 30.4. The van der Waals surface area contributed by atoms with Crippen molar-refractivity contribution in [2.24, 2.45) is 40.2 Å². The van der Waals surface area contributed by atoms with Gasteiger partial charge in [0.15, 0.2) is 29.4 Å². The van der Waals surface area contributed by atoms with E-state index < -0.39 is 94.0 Å². The van der Waals surface area contributed by atoms with E-state index in [1.165, 1.54) is 12.2 Å². The topological polar surface area (TPSA) is 193 Å². The van der Waals surface area contributed by atoms with E-state index in [9.17, 15) is 29.1 Å². The number of alkyl halides is 1. The van der Waals surface area contributed by atoms with Crippen LogP contribution in [0.2, 0.25) is 0 Å². The Hall–Kier alpha value is -5.15. The predicted octanol–water partition coefficient (Wildman–Crippen LogP) is 6.36. The van der Waals surface area contributed by atoms with Crippen molar-refractivity contribution in [3.63, 3.8) is 0 Å². The number of amides is 1. The van der Waals surface area contributed by atoms with E-state index in [1.54, 1.807) is 63.5 Å². The number of ketones is 2. The summed E-state index contributed by atoms with van der Waals surface area (Å²) in [7, 11) is 0. The van der Waals surface area contributed by atoms with Crippen LogP contribution in [0.25, 0.3) is 10.8 Å². The van der Waals surface area contributed by atoms with Gasteiger partial charge in [-0.3, -0.25) is 29.0 Å². The van der Waals surface area contributed by atoms with E-state index in [2.05, 4.69) is 10.3 Å². The van der Waals surface area contributed by atoms with Crippen LogP contribution in [0.4, 0.5) is 10.1 Å². The van der Waals surface area contributed by atoms with Crippen LogP contribution in [0.5, 0.6) is 0 Å². The molecule has 1 aromatic heterocycles. The van der Waals surface area contributed by atoms with Crippen LogP contribution in [0, 0.1) is 34.5 Å². The van der Waals surface area contributed by atoms with Crippen LogP contribution in [-0.2, 0) is 49.5 Å². The van der Waals surface area contributed by atoms with Crippen LogP contribution in [0.1, 0.15) is 89.7 Å². The highest BCUT2D eigenvalue weighted by Gasteiger charge is 2.80. The number of pyridine rings is 1. The molecule has 4 saturated carbocycles. The molecule has 2 aromatic carbocycles. The van der Waals surface area contributed by atoms with Gasteiger partial charge in [0.2, 0.25) is 11.7 Å². The first kappa shape index (κ1) is 44.1. The maximum absolute atomic E-state index is 17.8. The van der Waals surface area contributed by atoms with Gasteiger partial charge in [-0.1, -0.05) is 48.9 Å². The number of anilines is 1. The highest BCUT2D eigenvalue weighted by molar-refractivity contribution is 6.01. The standard InChI is InChI=1S/C50H56FN3O10/c1-46(2)63-42-22-39-38-14-12-34-21-36(55)15-17-47(34,3)49(38,51)40(56)23-48(39,4)50(42,64-46)41(57)27-62-45(60)32-10-9-31(19-32)44(59)61-26-28-5-7-29(8-6-28)37(24-52)43(58)54-35-13-11-33-25-53-18-16-30(33)20-35/h5-8,11,13,15-18,20-21,25,31-32,37-40,42,56H,9-10,12,14,19,22-24,26-27,52H2,1-4H3,(H,54,58)/t31-,32+,37+,38-,39-,40-,42+,47-,48-,49-,50+/m0/s1. The number of nitrogens with two attached hydrogens (primary N) is 1.